The van der Waals surface area contributed by atoms with Gasteiger partial charge < -0.3 is 9.47 Å². The third kappa shape index (κ3) is 2.53. The van der Waals surface area contributed by atoms with Crippen LogP contribution in [0.4, 0.5) is 0 Å². The number of rotatable bonds is 4. The average Bonchev–Trinajstić information content (AvgIpc) is 2.80. The van der Waals surface area contributed by atoms with Gasteiger partial charge in [0.1, 0.15) is 12.4 Å². The average molecular weight is 247 g/mol. The minimum Gasteiger partial charge on any atom is -0.496 e. The van der Waals surface area contributed by atoms with Crippen LogP contribution in [0.1, 0.15) is 27.9 Å². The summed E-state index contributed by atoms with van der Waals surface area (Å²) in [6, 6.07) is 3.85. The highest BCUT2D eigenvalue weighted by atomic mass is 16.5. The molecule has 0 atom stereocenters. The molecule has 0 unspecified atom stereocenters. The van der Waals surface area contributed by atoms with Crippen molar-refractivity contribution in [3.63, 3.8) is 0 Å². The number of nitrogens with zero attached hydrogens (tertiary/aromatic N) is 1. The molecule has 0 bridgehead atoms. The van der Waals surface area contributed by atoms with E-state index in [9.17, 15) is 4.79 Å². The van der Waals surface area contributed by atoms with Gasteiger partial charge in [-0.15, -0.1) is 0 Å². The number of ether oxygens (including phenoxy) is 2. The fraction of sp³-hybridized carbons (Fsp3) is 0.429. The van der Waals surface area contributed by atoms with Gasteiger partial charge in [-0.25, -0.2) is 0 Å². The number of carbonyl (C=O) groups is 1. The molecular formula is C14H17NO3. The van der Waals surface area contributed by atoms with Crippen molar-refractivity contribution in [2.75, 3.05) is 20.3 Å². The highest BCUT2D eigenvalue weighted by Crippen LogP contribution is 2.26. The summed E-state index contributed by atoms with van der Waals surface area (Å²) in [5.74, 6) is 1.16. The molecule has 4 nitrogen and oxygen atoms in total. The second kappa shape index (κ2) is 5.21. The van der Waals surface area contributed by atoms with Crippen molar-refractivity contribution in [1.82, 2.24) is 0 Å². The molecule has 0 saturated heterocycles. The van der Waals surface area contributed by atoms with Gasteiger partial charge in [0.25, 0.3) is 0 Å². The predicted molar refractivity (Wildman–Crippen MR) is 69.7 cm³/mol. The van der Waals surface area contributed by atoms with Crippen LogP contribution in [0.25, 0.3) is 0 Å². The minimum absolute atomic E-state index is 0.0145. The second-order valence-corrected chi connectivity index (χ2v) is 4.39. The van der Waals surface area contributed by atoms with Crippen molar-refractivity contribution < 1.29 is 14.3 Å². The van der Waals surface area contributed by atoms with E-state index in [1.165, 1.54) is 0 Å². The lowest BCUT2D eigenvalue weighted by atomic mass is 10.0. The van der Waals surface area contributed by atoms with Crippen LogP contribution in [0.15, 0.2) is 17.1 Å². The summed E-state index contributed by atoms with van der Waals surface area (Å²) in [5, 5.41) is 0. The van der Waals surface area contributed by atoms with Gasteiger partial charge in [0.2, 0.25) is 0 Å². The fourth-order valence-corrected chi connectivity index (χ4v) is 2.15. The number of aryl methyl sites for hydroxylation is 2. The SMILES string of the molecule is COc1c(C)cc(C)cc1C(=O)CC1=NCCO1. The van der Waals surface area contributed by atoms with Crippen LogP contribution < -0.4 is 4.74 Å². The van der Waals surface area contributed by atoms with Crippen molar-refractivity contribution >= 4 is 11.7 Å². The van der Waals surface area contributed by atoms with Gasteiger partial charge in [0.15, 0.2) is 11.7 Å². The van der Waals surface area contributed by atoms with Crippen molar-refractivity contribution in [1.29, 1.82) is 0 Å². The highest BCUT2D eigenvalue weighted by molar-refractivity contribution is 6.09. The number of ketones is 1. The van der Waals surface area contributed by atoms with Gasteiger partial charge in [-0.05, 0) is 31.0 Å². The molecule has 0 radical (unpaired) electrons. The normalized spacial score (nSPS) is 14.1. The summed E-state index contributed by atoms with van der Waals surface area (Å²) >= 11 is 0. The Kier molecular flexibility index (Phi) is 3.65. The number of Topliss-reactive ketones (excluding diaryl/α,β-unsaturated/α-hetero) is 1. The minimum atomic E-state index is -0.0145. The number of methoxy groups -OCH3 is 1. The van der Waals surface area contributed by atoms with Gasteiger partial charge in [0, 0.05) is 0 Å². The third-order valence-electron chi connectivity index (χ3n) is 2.88. The summed E-state index contributed by atoms with van der Waals surface area (Å²) in [7, 11) is 1.58. The molecule has 18 heavy (non-hydrogen) atoms. The Morgan fingerprint density at radius 3 is 2.83 bits per heavy atom. The zero-order valence-corrected chi connectivity index (χ0v) is 10.9. The van der Waals surface area contributed by atoms with Crippen molar-refractivity contribution in [2.45, 2.75) is 20.3 Å². The molecule has 1 aliphatic heterocycles. The predicted octanol–water partition coefficient (Wildman–Crippen LogP) is 2.31. The quantitative estimate of drug-likeness (QED) is 0.767. The van der Waals surface area contributed by atoms with E-state index in [2.05, 4.69) is 4.99 Å². The highest BCUT2D eigenvalue weighted by Gasteiger charge is 2.19. The molecule has 2 rings (SSSR count). The van der Waals surface area contributed by atoms with Crippen LogP contribution in [-0.4, -0.2) is 31.9 Å². The largest absolute Gasteiger partial charge is 0.496 e. The van der Waals surface area contributed by atoms with Crippen LogP contribution in [0.5, 0.6) is 5.75 Å². The second-order valence-electron chi connectivity index (χ2n) is 4.39. The molecule has 0 aromatic heterocycles. The first-order chi connectivity index (χ1) is 8.61. The van der Waals surface area contributed by atoms with Crippen LogP contribution in [-0.2, 0) is 4.74 Å². The molecule has 96 valence electrons. The first-order valence-electron chi connectivity index (χ1n) is 5.96. The summed E-state index contributed by atoms with van der Waals surface area (Å²) in [6.45, 7) is 5.12. The first kappa shape index (κ1) is 12.6. The lowest BCUT2D eigenvalue weighted by Crippen LogP contribution is -2.10. The number of carbonyl (C=O) groups excluding carboxylic acids is 1. The molecule has 0 fully saturated rings. The maximum atomic E-state index is 12.2. The number of hydrogen-bond donors (Lipinski definition) is 0. The van der Waals surface area contributed by atoms with Crippen molar-refractivity contribution in [3.8, 4) is 5.75 Å². The molecule has 1 aromatic rings. The molecule has 1 aromatic carbocycles. The summed E-state index contributed by atoms with van der Waals surface area (Å²) in [5.41, 5.74) is 2.62. The Labute approximate surface area is 107 Å². The maximum Gasteiger partial charge on any atom is 0.191 e. The van der Waals surface area contributed by atoms with Gasteiger partial charge in [-0.1, -0.05) is 6.07 Å². The van der Waals surface area contributed by atoms with Crippen LogP contribution >= 0.6 is 0 Å². The van der Waals surface area contributed by atoms with E-state index in [1.807, 2.05) is 26.0 Å². The van der Waals surface area contributed by atoms with Gasteiger partial charge in [0.05, 0.1) is 25.6 Å². The zero-order chi connectivity index (χ0) is 13.1. The zero-order valence-electron chi connectivity index (χ0n) is 10.9. The molecule has 0 saturated carbocycles. The Balaban J connectivity index is 2.28. The number of hydrogen-bond acceptors (Lipinski definition) is 4. The smallest absolute Gasteiger partial charge is 0.191 e. The van der Waals surface area contributed by atoms with E-state index >= 15 is 0 Å². The van der Waals surface area contributed by atoms with Crippen molar-refractivity contribution in [3.05, 3.63) is 28.8 Å². The van der Waals surface area contributed by atoms with E-state index in [1.54, 1.807) is 7.11 Å². The number of benzene rings is 1. The molecule has 0 spiro atoms. The lowest BCUT2D eigenvalue weighted by molar-refractivity contribution is 0.0991. The number of aliphatic imine (C=N–C) groups is 1. The van der Waals surface area contributed by atoms with E-state index in [4.69, 9.17) is 9.47 Å². The topological polar surface area (TPSA) is 47.9 Å². The van der Waals surface area contributed by atoms with Gasteiger partial charge in [-0.2, -0.15) is 0 Å². The standard InChI is InChI=1S/C14H17NO3/c1-9-6-10(2)14(17-3)11(7-9)12(16)8-13-15-4-5-18-13/h6-7H,4-5,8H2,1-3H3. The molecule has 0 aliphatic carbocycles. The molecule has 0 N–H and O–H groups in total. The van der Waals surface area contributed by atoms with E-state index < -0.39 is 0 Å². The van der Waals surface area contributed by atoms with Crippen LogP contribution in [0.2, 0.25) is 0 Å². The van der Waals surface area contributed by atoms with Crippen LogP contribution in [0, 0.1) is 13.8 Å². The van der Waals surface area contributed by atoms with E-state index in [-0.39, 0.29) is 12.2 Å². The molecule has 1 heterocycles. The summed E-state index contributed by atoms with van der Waals surface area (Å²) < 4.78 is 10.6. The molecular weight excluding hydrogens is 230 g/mol. The summed E-state index contributed by atoms with van der Waals surface area (Å²) in [6.07, 6.45) is 0.208. The fourth-order valence-electron chi connectivity index (χ4n) is 2.15. The van der Waals surface area contributed by atoms with E-state index in [0.29, 0.717) is 30.4 Å². The molecule has 1 aliphatic rings. The Morgan fingerprint density at radius 1 is 1.44 bits per heavy atom. The monoisotopic (exact) mass is 247 g/mol. The third-order valence-corrected chi connectivity index (χ3v) is 2.88. The first-order valence-corrected chi connectivity index (χ1v) is 5.96. The Bertz CT molecular complexity index is 506. The van der Waals surface area contributed by atoms with Gasteiger partial charge >= 0.3 is 0 Å². The maximum absolute atomic E-state index is 12.2. The Hall–Kier alpha value is -1.84. The van der Waals surface area contributed by atoms with Crippen molar-refractivity contribution in [2.24, 2.45) is 4.99 Å². The van der Waals surface area contributed by atoms with Gasteiger partial charge in [-0.3, -0.25) is 9.79 Å². The molecule has 0 amide bonds. The summed E-state index contributed by atoms with van der Waals surface area (Å²) in [4.78, 5) is 16.4. The molecule has 4 heteroatoms. The Morgan fingerprint density at radius 2 is 2.22 bits per heavy atom. The van der Waals surface area contributed by atoms with Crippen LogP contribution in [0.3, 0.4) is 0 Å². The lowest BCUT2D eigenvalue weighted by Gasteiger charge is -2.11. The van der Waals surface area contributed by atoms with E-state index in [0.717, 1.165) is 11.1 Å².